The number of hydrogen-bond acceptors (Lipinski definition) is 0. The van der Waals surface area contributed by atoms with E-state index in [0.717, 1.165) is 13.6 Å². The summed E-state index contributed by atoms with van der Waals surface area (Å²) in [6, 6.07) is 2.11. The molecule has 1 aromatic carbocycles. The minimum absolute atomic E-state index is 0.690. The smallest absolute Gasteiger partial charge is 0.0182 e. The lowest BCUT2D eigenvalue weighted by Gasteiger charge is -2.18. The molecular formula is C11H13I3N-. The van der Waals surface area contributed by atoms with Gasteiger partial charge in [-0.3, -0.25) is 0 Å². The quantitative estimate of drug-likeness (QED) is 0.435. The number of nitrogens with one attached hydrogen (secondary N) is 1. The van der Waals surface area contributed by atoms with Crippen LogP contribution in [0.4, 0.5) is 5.69 Å². The lowest BCUT2D eigenvalue weighted by Crippen LogP contribution is -2.03. The highest BCUT2D eigenvalue weighted by Crippen LogP contribution is 2.34. The molecule has 0 spiro atoms. The summed E-state index contributed by atoms with van der Waals surface area (Å²) in [7, 11) is 0. The second-order valence-corrected chi connectivity index (χ2v) is 7.13. The predicted octanol–water partition coefficient (Wildman–Crippen LogP) is 5.77. The molecule has 84 valence electrons. The Kier molecular flexibility index (Phi) is 5.92. The summed E-state index contributed by atoms with van der Waals surface area (Å²) in [5.74, 6) is 0.700. The first kappa shape index (κ1) is 14.3. The molecule has 15 heavy (non-hydrogen) atoms. The lowest BCUT2D eigenvalue weighted by atomic mass is 9.99. The molecule has 0 aliphatic heterocycles. The van der Waals surface area contributed by atoms with Crippen molar-refractivity contribution in [1.82, 2.24) is 0 Å². The third kappa shape index (κ3) is 3.58. The Morgan fingerprint density at radius 2 is 1.87 bits per heavy atom. The first-order valence-electron chi connectivity index (χ1n) is 4.85. The van der Waals surface area contributed by atoms with Gasteiger partial charge in [-0.25, -0.2) is 0 Å². The van der Waals surface area contributed by atoms with Gasteiger partial charge in [0, 0.05) is 7.14 Å². The zero-order valence-corrected chi connectivity index (χ0v) is 15.2. The van der Waals surface area contributed by atoms with Gasteiger partial charge in [0.1, 0.15) is 0 Å². The van der Waals surface area contributed by atoms with E-state index in [1.807, 2.05) is 0 Å². The minimum atomic E-state index is 0.690. The van der Waals surface area contributed by atoms with E-state index in [0.29, 0.717) is 11.6 Å². The van der Waals surface area contributed by atoms with Gasteiger partial charge in [0.05, 0.1) is 0 Å². The van der Waals surface area contributed by atoms with Gasteiger partial charge < -0.3 is 5.73 Å². The molecule has 1 atom stereocenters. The van der Waals surface area contributed by atoms with E-state index < -0.39 is 0 Å². The summed E-state index contributed by atoms with van der Waals surface area (Å²) in [6.45, 7) is 4.49. The van der Waals surface area contributed by atoms with Crippen molar-refractivity contribution in [3.05, 3.63) is 28.1 Å². The second-order valence-electron chi connectivity index (χ2n) is 3.73. The van der Waals surface area contributed by atoms with Gasteiger partial charge in [0.25, 0.3) is 0 Å². The number of benzene rings is 1. The van der Waals surface area contributed by atoms with E-state index in [-0.39, 0.29) is 0 Å². The largest absolute Gasteiger partial charge is 0.697 e. The summed E-state index contributed by atoms with van der Waals surface area (Å²) in [5.41, 5.74) is 10.0. The fourth-order valence-corrected chi connectivity index (χ4v) is 5.12. The molecule has 0 aromatic heterocycles. The van der Waals surface area contributed by atoms with Crippen LogP contribution in [0.25, 0.3) is 5.73 Å². The summed E-state index contributed by atoms with van der Waals surface area (Å²) in [4.78, 5) is 0. The Bertz CT molecular complexity index is 363. The minimum Gasteiger partial charge on any atom is -0.697 e. The molecule has 0 aliphatic carbocycles. The maximum absolute atomic E-state index is 7.96. The fraction of sp³-hybridized carbons (Fsp3) is 0.455. The normalized spacial score (nSPS) is 12.9. The summed E-state index contributed by atoms with van der Waals surface area (Å²) in [5, 5.41) is 0. The number of hydrogen-bond donors (Lipinski definition) is 0. The van der Waals surface area contributed by atoms with E-state index in [1.54, 1.807) is 0 Å². The Hall–Kier alpha value is 1.21. The van der Waals surface area contributed by atoms with Crippen molar-refractivity contribution < 1.29 is 0 Å². The van der Waals surface area contributed by atoms with Gasteiger partial charge in [0.2, 0.25) is 0 Å². The molecule has 1 rings (SSSR count). The van der Waals surface area contributed by atoms with E-state index >= 15 is 0 Å². The van der Waals surface area contributed by atoms with Crippen molar-refractivity contribution in [2.24, 2.45) is 5.92 Å². The highest BCUT2D eigenvalue weighted by Gasteiger charge is 2.10. The third-order valence-corrected chi connectivity index (χ3v) is 5.52. The zero-order valence-electron chi connectivity index (χ0n) is 8.70. The molecule has 0 saturated heterocycles. The van der Waals surface area contributed by atoms with Crippen LogP contribution in [0.15, 0.2) is 6.07 Å². The van der Waals surface area contributed by atoms with Gasteiger partial charge in [-0.05, 0) is 95.3 Å². The molecule has 4 heteroatoms. The lowest BCUT2D eigenvalue weighted by molar-refractivity contribution is 0.558. The van der Waals surface area contributed by atoms with Crippen molar-refractivity contribution >= 4 is 73.5 Å². The van der Waals surface area contributed by atoms with Crippen molar-refractivity contribution in [3.8, 4) is 0 Å². The highest BCUT2D eigenvalue weighted by atomic mass is 127. The molecular weight excluding hydrogens is 527 g/mol. The fourth-order valence-electron chi connectivity index (χ4n) is 1.31. The summed E-state index contributed by atoms with van der Waals surface area (Å²) < 4.78 is 3.48. The molecule has 0 amide bonds. The Labute approximate surface area is 132 Å². The van der Waals surface area contributed by atoms with Crippen LogP contribution in [0.5, 0.6) is 0 Å². The van der Waals surface area contributed by atoms with Crippen LogP contribution in [-0.2, 0) is 6.42 Å². The molecule has 0 heterocycles. The van der Waals surface area contributed by atoms with Crippen LogP contribution in [0.1, 0.15) is 25.8 Å². The molecule has 1 unspecified atom stereocenters. The Morgan fingerprint density at radius 3 is 2.40 bits per heavy atom. The van der Waals surface area contributed by atoms with E-state index in [9.17, 15) is 0 Å². The van der Waals surface area contributed by atoms with Gasteiger partial charge in [-0.15, -0.1) is 5.69 Å². The molecule has 0 saturated carbocycles. The van der Waals surface area contributed by atoms with E-state index in [2.05, 4.69) is 87.7 Å². The summed E-state index contributed by atoms with van der Waals surface area (Å²) in [6.07, 6.45) is 2.29. The maximum atomic E-state index is 7.96. The SMILES string of the molecule is CCC(C)Cc1c(I)cc(I)c([NH-])c1I. The van der Waals surface area contributed by atoms with Crippen LogP contribution in [0, 0.1) is 16.6 Å². The van der Waals surface area contributed by atoms with Crippen molar-refractivity contribution in [3.63, 3.8) is 0 Å². The third-order valence-electron chi connectivity index (χ3n) is 2.51. The maximum Gasteiger partial charge on any atom is 0.0182 e. The number of rotatable bonds is 3. The zero-order chi connectivity index (χ0) is 11.6. The topological polar surface area (TPSA) is 23.8 Å². The van der Waals surface area contributed by atoms with Gasteiger partial charge in [0.15, 0.2) is 0 Å². The van der Waals surface area contributed by atoms with Crippen molar-refractivity contribution in [2.75, 3.05) is 0 Å². The first-order chi connectivity index (χ1) is 6.97. The molecule has 1 nitrogen and oxygen atoms in total. The van der Waals surface area contributed by atoms with Crippen LogP contribution < -0.4 is 0 Å². The molecule has 1 aromatic rings. The molecule has 0 radical (unpaired) electrons. The highest BCUT2D eigenvalue weighted by molar-refractivity contribution is 14.1. The molecule has 1 N–H and O–H groups in total. The second kappa shape index (κ2) is 6.23. The average molecular weight is 540 g/mol. The Balaban J connectivity index is 3.12. The van der Waals surface area contributed by atoms with Crippen LogP contribution in [-0.4, -0.2) is 0 Å². The van der Waals surface area contributed by atoms with E-state index in [4.69, 9.17) is 5.73 Å². The van der Waals surface area contributed by atoms with Gasteiger partial charge >= 0.3 is 0 Å². The first-order valence-corrected chi connectivity index (χ1v) is 8.09. The van der Waals surface area contributed by atoms with Crippen LogP contribution >= 0.6 is 67.8 Å². The van der Waals surface area contributed by atoms with Crippen LogP contribution in [0.3, 0.4) is 0 Å². The average Bonchev–Trinajstić information content (AvgIpc) is 2.21. The Morgan fingerprint density at radius 1 is 1.27 bits per heavy atom. The molecule has 0 bridgehead atoms. The van der Waals surface area contributed by atoms with Crippen LogP contribution in [0.2, 0.25) is 0 Å². The molecule has 0 fully saturated rings. The van der Waals surface area contributed by atoms with Crippen molar-refractivity contribution in [1.29, 1.82) is 0 Å². The molecule has 0 aliphatic rings. The number of halogens is 3. The predicted molar refractivity (Wildman–Crippen MR) is 91.7 cm³/mol. The monoisotopic (exact) mass is 540 g/mol. The van der Waals surface area contributed by atoms with Crippen molar-refractivity contribution in [2.45, 2.75) is 26.7 Å². The standard InChI is InChI=1S/C11H13I3N/c1-3-6(2)4-7-8(12)5-9(13)11(15)10(7)14/h5-6,15H,3-4H2,1-2H3/q-1. The van der Waals surface area contributed by atoms with Gasteiger partial charge in [-0.2, -0.15) is 0 Å². The van der Waals surface area contributed by atoms with E-state index in [1.165, 1.54) is 15.6 Å². The summed E-state index contributed by atoms with van der Waals surface area (Å²) >= 11 is 6.93. The van der Waals surface area contributed by atoms with Gasteiger partial charge in [-0.1, -0.05) is 20.3 Å².